The van der Waals surface area contributed by atoms with Crippen LogP contribution >= 0.6 is 0 Å². The summed E-state index contributed by atoms with van der Waals surface area (Å²) in [6.07, 6.45) is 6.26. The molecule has 0 saturated heterocycles. The standard InChI is InChI=1S/C15H22O/c1-3-4-11-15(2,12-8-13-16)14-9-6-5-7-10-14/h5-7,9-10,13H,3-4,8,11-12H2,1-2H3. The third kappa shape index (κ3) is 3.48. The van der Waals surface area contributed by atoms with Crippen molar-refractivity contribution in [2.75, 3.05) is 0 Å². The number of hydrogen-bond donors (Lipinski definition) is 0. The van der Waals surface area contributed by atoms with Gasteiger partial charge in [-0.25, -0.2) is 0 Å². The molecule has 1 nitrogen and oxygen atoms in total. The molecule has 0 aromatic heterocycles. The van der Waals surface area contributed by atoms with Gasteiger partial charge in [0.05, 0.1) is 0 Å². The van der Waals surface area contributed by atoms with Gasteiger partial charge in [-0.05, 0) is 23.8 Å². The summed E-state index contributed by atoms with van der Waals surface area (Å²) in [5.41, 5.74) is 1.53. The Morgan fingerprint density at radius 2 is 1.88 bits per heavy atom. The molecule has 1 aromatic rings. The molecule has 0 radical (unpaired) electrons. The fraction of sp³-hybridized carbons (Fsp3) is 0.533. The fourth-order valence-corrected chi connectivity index (χ4v) is 2.20. The molecule has 0 saturated carbocycles. The van der Waals surface area contributed by atoms with Gasteiger partial charge in [0.1, 0.15) is 6.29 Å². The zero-order chi connectivity index (χ0) is 11.9. The SMILES string of the molecule is CCCCC(C)(CCC=O)c1ccccc1. The summed E-state index contributed by atoms with van der Waals surface area (Å²) in [5.74, 6) is 0. The number of unbranched alkanes of at least 4 members (excludes halogenated alkanes) is 1. The maximum Gasteiger partial charge on any atom is 0.120 e. The van der Waals surface area contributed by atoms with Crippen LogP contribution in [0.1, 0.15) is 51.5 Å². The van der Waals surface area contributed by atoms with Crippen LogP contribution in [0.3, 0.4) is 0 Å². The van der Waals surface area contributed by atoms with E-state index >= 15 is 0 Å². The summed E-state index contributed by atoms with van der Waals surface area (Å²) in [6, 6.07) is 10.6. The van der Waals surface area contributed by atoms with Crippen molar-refractivity contribution in [3.05, 3.63) is 35.9 Å². The van der Waals surface area contributed by atoms with Crippen LogP contribution in [-0.4, -0.2) is 6.29 Å². The van der Waals surface area contributed by atoms with Crippen LogP contribution < -0.4 is 0 Å². The average molecular weight is 218 g/mol. The largest absolute Gasteiger partial charge is 0.303 e. The molecule has 0 N–H and O–H groups in total. The zero-order valence-electron chi connectivity index (χ0n) is 10.4. The molecule has 0 heterocycles. The maximum atomic E-state index is 10.6. The molecule has 1 aromatic carbocycles. The second kappa shape index (κ2) is 6.47. The predicted molar refractivity (Wildman–Crippen MR) is 68.6 cm³/mol. The first-order chi connectivity index (χ1) is 7.73. The van der Waals surface area contributed by atoms with Gasteiger partial charge in [-0.1, -0.05) is 57.0 Å². The van der Waals surface area contributed by atoms with Gasteiger partial charge >= 0.3 is 0 Å². The molecule has 16 heavy (non-hydrogen) atoms. The highest BCUT2D eigenvalue weighted by Crippen LogP contribution is 2.33. The number of rotatable bonds is 7. The van der Waals surface area contributed by atoms with E-state index in [1.165, 1.54) is 24.8 Å². The summed E-state index contributed by atoms with van der Waals surface area (Å²) in [4.78, 5) is 10.6. The number of carbonyl (C=O) groups is 1. The molecule has 0 bridgehead atoms. The van der Waals surface area contributed by atoms with Crippen LogP contribution in [-0.2, 0) is 10.2 Å². The van der Waals surface area contributed by atoms with Crippen molar-refractivity contribution in [2.24, 2.45) is 0 Å². The fourth-order valence-electron chi connectivity index (χ4n) is 2.20. The normalized spacial score (nSPS) is 14.4. The first-order valence-corrected chi connectivity index (χ1v) is 6.22. The predicted octanol–water partition coefficient (Wildman–Crippen LogP) is 4.11. The van der Waals surface area contributed by atoms with Gasteiger partial charge < -0.3 is 4.79 Å². The first-order valence-electron chi connectivity index (χ1n) is 6.22. The van der Waals surface area contributed by atoms with E-state index in [1.807, 2.05) is 6.07 Å². The molecule has 0 aliphatic carbocycles. The van der Waals surface area contributed by atoms with Crippen molar-refractivity contribution in [3.8, 4) is 0 Å². The van der Waals surface area contributed by atoms with Crippen molar-refractivity contribution in [2.45, 2.75) is 51.4 Å². The van der Waals surface area contributed by atoms with Gasteiger partial charge in [0.15, 0.2) is 0 Å². The Kier molecular flexibility index (Phi) is 5.24. The molecule has 88 valence electrons. The zero-order valence-corrected chi connectivity index (χ0v) is 10.4. The van der Waals surface area contributed by atoms with Crippen molar-refractivity contribution in [3.63, 3.8) is 0 Å². The lowest BCUT2D eigenvalue weighted by molar-refractivity contribution is -0.108. The Balaban J connectivity index is 2.80. The van der Waals surface area contributed by atoms with Crippen LogP contribution in [0.5, 0.6) is 0 Å². The summed E-state index contributed by atoms with van der Waals surface area (Å²) >= 11 is 0. The third-order valence-electron chi connectivity index (χ3n) is 3.37. The summed E-state index contributed by atoms with van der Waals surface area (Å²) in [5, 5.41) is 0. The summed E-state index contributed by atoms with van der Waals surface area (Å²) in [6.45, 7) is 4.49. The lowest BCUT2D eigenvalue weighted by atomic mass is 9.75. The third-order valence-corrected chi connectivity index (χ3v) is 3.37. The minimum atomic E-state index is 0.165. The van der Waals surface area contributed by atoms with E-state index in [9.17, 15) is 4.79 Å². The molecule has 0 aliphatic rings. The highest BCUT2D eigenvalue weighted by atomic mass is 16.1. The number of hydrogen-bond acceptors (Lipinski definition) is 1. The van der Waals surface area contributed by atoms with Gasteiger partial charge in [-0.15, -0.1) is 0 Å². The second-order valence-corrected chi connectivity index (χ2v) is 4.74. The molecule has 1 rings (SSSR count). The van der Waals surface area contributed by atoms with E-state index in [4.69, 9.17) is 0 Å². The Hall–Kier alpha value is -1.11. The minimum absolute atomic E-state index is 0.165. The van der Waals surface area contributed by atoms with Gasteiger partial charge in [0, 0.05) is 6.42 Å². The molecule has 0 spiro atoms. The van der Waals surface area contributed by atoms with Crippen LogP contribution in [0, 0.1) is 0 Å². The van der Waals surface area contributed by atoms with E-state index < -0.39 is 0 Å². The number of aldehydes is 1. The van der Waals surface area contributed by atoms with Crippen LogP contribution in [0.4, 0.5) is 0 Å². The van der Waals surface area contributed by atoms with Crippen LogP contribution in [0.2, 0.25) is 0 Å². The topological polar surface area (TPSA) is 17.1 Å². The van der Waals surface area contributed by atoms with Crippen molar-refractivity contribution in [1.29, 1.82) is 0 Å². The summed E-state index contributed by atoms with van der Waals surface area (Å²) < 4.78 is 0. The van der Waals surface area contributed by atoms with Gasteiger partial charge in [0.2, 0.25) is 0 Å². The highest BCUT2D eigenvalue weighted by Gasteiger charge is 2.24. The Bertz CT molecular complexity index is 304. The van der Waals surface area contributed by atoms with Gasteiger partial charge in [-0.2, -0.15) is 0 Å². The minimum Gasteiger partial charge on any atom is -0.303 e. The van der Waals surface area contributed by atoms with E-state index in [0.29, 0.717) is 6.42 Å². The molecule has 1 unspecified atom stereocenters. The Labute approximate surface area is 98.9 Å². The molecular weight excluding hydrogens is 196 g/mol. The molecular formula is C15H22O. The smallest absolute Gasteiger partial charge is 0.120 e. The molecule has 1 atom stereocenters. The average Bonchev–Trinajstić information content (AvgIpc) is 2.35. The van der Waals surface area contributed by atoms with E-state index in [2.05, 4.69) is 38.1 Å². The van der Waals surface area contributed by atoms with E-state index in [1.54, 1.807) is 0 Å². The Morgan fingerprint density at radius 3 is 2.44 bits per heavy atom. The lowest BCUT2D eigenvalue weighted by Crippen LogP contribution is -2.22. The molecule has 0 aliphatic heterocycles. The van der Waals surface area contributed by atoms with E-state index in [-0.39, 0.29) is 5.41 Å². The van der Waals surface area contributed by atoms with Crippen molar-refractivity contribution < 1.29 is 4.79 Å². The monoisotopic (exact) mass is 218 g/mol. The quantitative estimate of drug-likeness (QED) is 0.629. The molecule has 1 heteroatoms. The highest BCUT2D eigenvalue weighted by molar-refractivity contribution is 5.49. The summed E-state index contributed by atoms with van der Waals surface area (Å²) in [7, 11) is 0. The lowest BCUT2D eigenvalue weighted by Gasteiger charge is -2.29. The molecule has 0 fully saturated rings. The van der Waals surface area contributed by atoms with Gasteiger partial charge in [-0.3, -0.25) is 0 Å². The number of benzene rings is 1. The van der Waals surface area contributed by atoms with Crippen LogP contribution in [0.15, 0.2) is 30.3 Å². The molecule has 0 amide bonds. The van der Waals surface area contributed by atoms with Gasteiger partial charge in [0.25, 0.3) is 0 Å². The first kappa shape index (κ1) is 13.0. The Morgan fingerprint density at radius 1 is 1.19 bits per heavy atom. The number of carbonyl (C=O) groups excluding carboxylic acids is 1. The maximum absolute atomic E-state index is 10.6. The van der Waals surface area contributed by atoms with E-state index in [0.717, 1.165) is 12.7 Å². The second-order valence-electron chi connectivity index (χ2n) is 4.74. The van der Waals surface area contributed by atoms with Crippen molar-refractivity contribution >= 4 is 6.29 Å². The van der Waals surface area contributed by atoms with Crippen molar-refractivity contribution in [1.82, 2.24) is 0 Å². The van der Waals surface area contributed by atoms with Crippen LogP contribution in [0.25, 0.3) is 0 Å².